The van der Waals surface area contributed by atoms with Crippen molar-refractivity contribution in [2.45, 2.75) is 58.0 Å². The summed E-state index contributed by atoms with van der Waals surface area (Å²) in [5.41, 5.74) is -1.20. The van der Waals surface area contributed by atoms with Gasteiger partial charge in [0.25, 0.3) is 0 Å². The SMILES string of the molecule is CC1(C)CCC(O)(C2(C#N)CCCOC2)CC1. The first kappa shape index (κ1) is 12.9. The van der Waals surface area contributed by atoms with Gasteiger partial charge in [0.1, 0.15) is 5.41 Å². The molecule has 2 fully saturated rings. The molecule has 1 heterocycles. The molecule has 3 nitrogen and oxygen atoms in total. The zero-order chi connectivity index (χ0) is 12.6. The molecule has 1 saturated carbocycles. The highest BCUT2D eigenvalue weighted by atomic mass is 16.5. The van der Waals surface area contributed by atoms with Crippen molar-refractivity contribution < 1.29 is 9.84 Å². The Bertz CT molecular complexity index is 314. The van der Waals surface area contributed by atoms with Gasteiger partial charge in [-0.1, -0.05) is 13.8 Å². The van der Waals surface area contributed by atoms with E-state index in [4.69, 9.17) is 4.74 Å². The van der Waals surface area contributed by atoms with Crippen LogP contribution >= 0.6 is 0 Å². The summed E-state index contributed by atoms with van der Waals surface area (Å²) in [4.78, 5) is 0. The van der Waals surface area contributed by atoms with Crippen LogP contribution in [0.4, 0.5) is 0 Å². The molecule has 3 heteroatoms. The van der Waals surface area contributed by atoms with Gasteiger partial charge in [-0.25, -0.2) is 0 Å². The van der Waals surface area contributed by atoms with Gasteiger partial charge in [0.05, 0.1) is 18.3 Å². The fourth-order valence-electron chi connectivity index (χ4n) is 3.17. The maximum Gasteiger partial charge on any atom is 0.109 e. The molecule has 0 radical (unpaired) electrons. The topological polar surface area (TPSA) is 53.2 Å². The lowest BCUT2D eigenvalue weighted by molar-refractivity contribution is -0.146. The van der Waals surface area contributed by atoms with E-state index in [9.17, 15) is 10.4 Å². The van der Waals surface area contributed by atoms with Gasteiger partial charge in [0.15, 0.2) is 0 Å². The monoisotopic (exact) mass is 237 g/mol. The van der Waals surface area contributed by atoms with Crippen LogP contribution in [0, 0.1) is 22.2 Å². The maximum atomic E-state index is 10.9. The highest BCUT2D eigenvalue weighted by Crippen LogP contribution is 2.50. The van der Waals surface area contributed by atoms with Crippen LogP contribution in [0.1, 0.15) is 52.4 Å². The minimum absolute atomic E-state index is 0.304. The maximum absolute atomic E-state index is 10.9. The molecule has 0 amide bonds. The van der Waals surface area contributed by atoms with Crippen molar-refractivity contribution in [1.29, 1.82) is 5.26 Å². The Balaban J connectivity index is 2.17. The summed E-state index contributed by atoms with van der Waals surface area (Å²) in [6.07, 6.45) is 5.12. The summed E-state index contributed by atoms with van der Waals surface area (Å²) >= 11 is 0. The van der Waals surface area contributed by atoms with E-state index < -0.39 is 11.0 Å². The van der Waals surface area contributed by atoms with Gasteiger partial charge in [0, 0.05) is 6.61 Å². The average molecular weight is 237 g/mol. The standard InChI is InChI=1S/C14H23NO2/c1-12(2)5-7-14(16,8-6-12)13(10-15)4-3-9-17-11-13/h16H,3-9,11H2,1-2H3. The molecule has 1 unspecified atom stereocenters. The van der Waals surface area contributed by atoms with Gasteiger partial charge in [0.2, 0.25) is 0 Å². The van der Waals surface area contributed by atoms with E-state index in [1.54, 1.807) is 0 Å². The van der Waals surface area contributed by atoms with Gasteiger partial charge >= 0.3 is 0 Å². The van der Waals surface area contributed by atoms with E-state index in [-0.39, 0.29) is 0 Å². The van der Waals surface area contributed by atoms with E-state index in [0.717, 1.165) is 45.1 Å². The molecule has 17 heavy (non-hydrogen) atoms. The van der Waals surface area contributed by atoms with Crippen LogP contribution in [0.5, 0.6) is 0 Å². The Kier molecular flexibility index (Phi) is 3.22. The molecule has 0 spiro atoms. The first-order valence-corrected chi connectivity index (χ1v) is 6.65. The number of ether oxygens (including phenoxy) is 1. The molecule has 96 valence electrons. The van der Waals surface area contributed by atoms with E-state index >= 15 is 0 Å². The van der Waals surface area contributed by atoms with Crippen LogP contribution in [0.15, 0.2) is 0 Å². The van der Waals surface area contributed by atoms with E-state index in [1.165, 1.54) is 0 Å². The summed E-state index contributed by atoms with van der Waals surface area (Å²) in [6, 6.07) is 2.38. The molecule has 0 aromatic rings. The molecule has 1 saturated heterocycles. The Morgan fingerprint density at radius 3 is 2.24 bits per heavy atom. The first-order chi connectivity index (χ1) is 7.93. The van der Waals surface area contributed by atoms with Crippen molar-refractivity contribution in [3.05, 3.63) is 0 Å². The lowest BCUT2D eigenvalue weighted by Crippen LogP contribution is -2.54. The molecule has 1 aliphatic heterocycles. The number of nitrogens with zero attached hydrogens (tertiary/aromatic N) is 1. The van der Waals surface area contributed by atoms with Gasteiger partial charge < -0.3 is 9.84 Å². The smallest absolute Gasteiger partial charge is 0.109 e. The lowest BCUT2D eigenvalue weighted by atomic mass is 9.59. The zero-order valence-electron chi connectivity index (χ0n) is 11.0. The fourth-order valence-corrected chi connectivity index (χ4v) is 3.17. The number of nitriles is 1. The van der Waals surface area contributed by atoms with Crippen molar-refractivity contribution in [1.82, 2.24) is 0 Å². The molecule has 0 bridgehead atoms. The number of hydrogen-bond donors (Lipinski definition) is 1. The largest absolute Gasteiger partial charge is 0.388 e. The van der Waals surface area contributed by atoms with Crippen LogP contribution in [0.3, 0.4) is 0 Å². The van der Waals surface area contributed by atoms with Crippen LogP contribution in [-0.4, -0.2) is 23.9 Å². The summed E-state index contributed by atoms with van der Waals surface area (Å²) in [7, 11) is 0. The number of hydrogen-bond acceptors (Lipinski definition) is 3. The summed E-state index contributed by atoms with van der Waals surface area (Å²) < 4.78 is 5.46. The fraction of sp³-hybridized carbons (Fsp3) is 0.929. The van der Waals surface area contributed by atoms with Gasteiger partial charge in [-0.05, 0) is 43.9 Å². The second kappa shape index (κ2) is 4.26. The number of aliphatic hydroxyl groups is 1. The van der Waals surface area contributed by atoms with E-state index in [0.29, 0.717) is 12.0 Å². The van der Waals surface area contributed by atoms with Gasteiger partial charge in [-0.2, -0.15) is 5.26 Å². The molecule has 2 aliphatic rings. The van der Waals surface area contributed by atoms with Crippen LogP contribution in [0.25, 0.3) is 0 Å². The lowest BCUT2D eigenvalue weighted by Gasteiger charge is -2.49. The van der Waals surface area contributed by atoms with Crippen LogP contribution in [-0.2, 0) is 4.74 Å². The third-order valence-electron chi connectivity index (χ3n) is 4.78. The third kappa shape index (κ3) is 2.21. The summed E-state index contributed by atoms with van der Waals surface area (Å²) in [6.45, 7) is 5.61. The Hall–Kier alpha value is -0.590. The van der Waals surface area contributed by atoms with Crippen molar-refractivity contribution in [2.24, 2.45) is 10.8 Å². The number of rotatable bonds is 1. The predicted octanol–water partition coefficient (Wildman–Crippen LogP) is 2.64. The second-order valence-electron chi connectivity index (χ2n) is 6.55. The Morgan fingerprint density at radius 2 is 1.76 bits per heavy atom. The van der Waals surface area contributed by atoms with Crippen molar-refractivity contribution in [2.75, 3.05) is 13.2 Å². The molecule has 1 N–H and O–H groups in total. The van der Waals surface area contributed by atoms with Crippen molar-refractivity contribution in [3.8, 4) is 6.07 Å². The summed E-state index contributed by atoms with van der Waals surface area (Å²) in [5, 5.41) is 20.4. The highest BCUT2D eigenvalue weighted by Gasteiger charge is 2.54. The van der Waals surface area contributed by atoms with Crippen molar-refractivity contribution >= 4 is 0 Å². The Morgan fingerprint density at radius 1 is 1.12 bits per heavy atom. The first-order valence-electron chi connectivity index (χ1n) is 6.65. The minimum atomic E-state index is -0.836. The van der Waals surface area contributed by atoms with Crippen molar-refractivity contribution in [3.63, 3.8) is 0 Å². The molecule has 2 rings (SSSR count). The highest BCUT2D eigenvalue weighted by molar-refractivity contribution is 5.14. The molecular formula is C14H23NO2. The molecule has 0 aromatic carbocycles. The predicted molar refractivity (Wildman–Crippen MR) is 65.3 cm³/mol. The second-order valence-corrected chi connectivity index (χ2v) is 6.55. The average Bonchev–Trinajstić information content (AvgIpc) is 2.34. The van der Waals surface area contributed by atoms with E-state index in [2.05, 4.69) is 19.9 Å². The molecule has 1 atom stereocenters. The Labute approximate surface area is 104 Å². The van der Waals surface area contributed by atoms with Crippen LogP contribution in [0.2, 0.25) is 0 Å². The molecule has 1 aliphatic carbocycles. The zero-order valence-corrected chi connectivity index (χ0v) is 11.0. The minimum Gasteiger partial charge on any atom is -0.388 e. The van der Waals surface area contributed by atoms with Crippen LogP contribution < -0.4 is 0 Å². The normalized spacial score (nSPS) is 36.1. The molecular weight excluding hydrogens is 214 g/mol. The quantitative estimate of drug-likeness (QED) is 0.762. The van der Waals surface area contributed by atoms with Gasteiger partial charge in [-0.3, -0.25) is 0 Å². The molecule has 0 aromatic heterocycles. The summed E-state index contributed by atoms with van der Waals surface area (Å²) in [5.74, 6) is 0. The third-order valence-corrected chi connectivity index (χ3v) is 4.78. The van der Waals surface area contributed by atoms with E-state index in [1.807, 2.05) is 0 Å². The van der Waals surface area contributed by atoms with Gasteiger partial charge in [-0.15, -0.1) is 0 Å².